The highest BCUT2D eigenvalue weighted by molar-refractivity contribution is 9.10. The van der Waals surface area contributed by atoms with Crippen molar-refractivity contribution in [3.8, 4) is 17.0 Å². The molecule has 3 rings (SSSR count). The molecule has 132 valence electrons. The summed E-state index contributed by atoms with van der Waals surface area (Å²) in [7, 11) is 0. The second-order valence-corrected chi connectivity index (χ2v) is 7.59. The Balaban J connectivity index is 2.08. The van der Waals surface area contributed by atoms with Crippen LogP contribution in [0.1, 0.15) is 12.5 Å². The van der Waals surface area contributed by atoms with Gasteiger partial charge in [-0.2, -0.15) is 5.10 Å². The van der Waals surface area contributed by atoms with Gasteiger partial charge in [-0.3, -0.25) is 4.99 Å². The summed E-state index contributed by atoms with van der Waals surface area (Å²) < 4.78 is 2.82. The lowest BCUT2D eigenvalue weighted by Crippen LogP contribution is -2.13. The maximum absolute atomic E-state index is 9.63. The predicted molar refractivity (Wildman–Crippen MR) is 112 cm³/mol. The quantitative estimate of drug-likeness (QED) is 0.449. The molecule has 0 radical (unpaired) electrons. The molecular formula is C20H18BrN3OS. The van der Waals surface area contributed by atoms with Crippen LogP contribution in [0.2, 0.25) is 0 Å². The average Bonchev–Trinajstić information content (AvgIpc) is 3.01. The lowest BCUT2D eigenvalue weighted by atomic mass is 10.2. The first-order chi connectivity index (χ1) is 12.5. The van der Waals surface area contributed by atoms with E-state index in [2.05, 4.69) is 32.6 Å². The number of halogens is 1. The second kappa shape index (κ2) is 8.29. The molecular weight excluding hydrogens is 410 g/mol. The molecule has 1 aromatic heterocycles. The number of nitrogens with zero attached hydrogens (tertiary/aromatic N) is 3. The maximum atomic E-state index is 9.63. The van der Waals surface area contributed by atoms with Crippen molar-refractivity contribution in [3.05, 3.63) is 80.9 Å². The molecule has 1 N–H and O–H groups in total. The van der Waals surface area contributed by atoms with Gasteiger partial charge < -0.3 is 5.11 Å². The highest BCUT2D eigenvalue weighted by atomic mass is 79.9. The van der Waals surface area contributed by atoms with Crippen LogP contribution >= 0.6 is 27.3 Å². The maximum Gasteiger partial charge on any atom is 0.206 e. The van der Waals surface area contributed by atoms with Gasteiger partial charge in [0.05, 0.1) is 18.5 Å². The molecule has 0 fully saturated rings. The fourth-order valence-electron chi connectivity index (χ4n) is 2.30. The Morgan fingerprint density at radius 1 is 1.27 bits per heavy atom. The number of aromatic hydroxyl groups is 1. The van der Waals surface area contributed by atoms with E-state index in [0.717, 1.165) is 31.7 Å². The third-order valence-corrected chi connectivity index (χ3v) is 4.83. The average molecular weight is 428 g/mol. The molecule has 0 unspecified atom stereocenters. The second-order valence-electron chi connectivity index (χ2n) is 5.84. The predicted octanol–water partition coefficient (Wildman–Crippen LogP) is 5.04. The summed E-state index contributed by atoms with van der Waals surface area (Å²) in [4.78, 5) is 5.40. The van der Waals surface area contributed by atoms with Crippen molar-refractivity contribution in [1.82, 2.24) is 4.68 Å². The van der Waals surface area contributed by atoms with Crippen LogP contribution in [0.25, 0.3) is 11.3 Å². The normalized spacial score (nSPS) is 12.0. The Labute approximate surface area is 164 Å². The number of hydrogen-bond donors (Lipinski definition) is 1. The van der Waals surface area contributed by atoms with E-state index < -0.39 is 0 Å². The SMILES string of the molecule is C=C(C)CN=c1scc(-c2cccc(Br)c2)n1N=Cc1cccc(O)c1. The van der Waals surface area contributed by atoms with Gasteiger partial charge in [-0.25, -0.2) is 4.68 Å². The van der Waals surface area contributed by atoms with Crippen LogP contribution in [-0.4, -0.2) is 22.5 Å². The largest absolute Gasteiger partial charge is 0.508 e. The first-order valence-electron chi connectivity index (χ1n) is 7.97. The van der Waals surface area contributed by atoms with E-state index in [1.807, 2.05) is 47.3 Å². The first-order valence-corrected chi connectivity index (χ1v) is 9.65. The van der Waals surface area contributed by atoms with Gasteiger partial charge in [0, 0.05) is 15.4 Å². The van der Waals surface area contributed by atoms with Crippen molar-refractivity contribution in [2.24, 2.45) is 10.1 Å². The lowest BCUT2D eigenvalue weighted by Gasteiger charge is -2.04. The van der Waals surface area contributed by atoms with Gasteiger partial charge in [-0.05, 0) is 36.8 Å². The Kier molecular flexibility index (Phi) is 5.85. The number of aromatic nitrogens is 1. The molecule has 4 nitrogen and oxygen atoms in total. The standard InChI is InChI=1S/C20H18BrN3OS/c1-14(2)11-22-20-24(23-12-15-5-3-8-18(25)9-15)19(13-26-20)16-6-4-7-17(21)10-16/h3-10,12-13,25H,1,11H2,2H3. The van der Waals surface area contributed by atoms with Gasteiger partial charge in [0.15, 0.2) is 0 Å². The Morgan fingerprint density at radius 3 is 2.81 bits per heavy atom. The van der Waals surface area contributed by atoms with E-state index in [4.69, 9.17) is 0 Å². The summed E-state index contributed by atoms with van der Waals surface area (Å²) >= 11 is 5.05. The topological polar surface area (TPSA) is 49.9 Å². The highest BCUT2D eigenvalue weighted by Gasteiger charge is 2.08. The monoisotopic (exact) mass is 427 g/mol. The molecule has 0 saturated carbocycles. The number of rotatable bonds is 5. The molecule has 6 heteroatoms. The van der Waals surface area contributed by atoms with Gasteiger partial charge in [0.1, 0.15) is 5.75 Å². The van der Waals surface area contributed by atoms with Gasteiger partial charge >= 0.3 is 0 Å². The zero-order chi connectivity index (χ0) is 18.5. The summed E-state index contributed by atoms with van der Waals surface area (Å²) in [5.41, 5.74) is 3.80. The molecule has 0 aliphatic rings. The molecule has 0 amide bonds. The van der Waals surface area contributed by atoms with Gasteiger partial charge in [0.25, 0.3) is 0 Å². The van der Waals surface area contributed by atoms with E-state index in [9.17, 15) is 5.11 Å². The summed E-state index contributed by atoms with van der Waals surface area (Å²) in [6.45, 7) is 6.42. The van der Waals surface area contributed by atoms with E-state index >= 15 is 0 Å². The van der Waals surface area contributed by atoms with Crippen LogP contribution < -0.4 is 4.80 Å². The highest BCUT2D eigenvalue weighted by Crippen LogP contribution is 2.23. The minimum Gasteiger partial charge on any atom is -0.508 e. The minimum atomic E-state index is 0.212. The number of thiazole rings is 1. The molecule has 26 heavy (non-hydrogen) atoms. The molecule has 0 aliphatic carbocycles. The van der Waals surface area contributed by atoms with Crippen LogP contribution in [0.5, 0.6) is 5.75 Å². The molecule has 0 atom stereocenters. The van der Waals surface area contributed by atoms with Crippen molar-refractivity contribution in [3.63, 3.8) is 0 Å². The Hall–Kier alpha value is -2.44. The Morgan fingerprint density at radius 2 is 2.08 bits per heavy atom. The van der Waals surface area contributed by atoms with Gasteiger partial charge in [-0.1, -0.05) is 52.3 Å². The van der Waals surface area contributed by atoms with Gasteiger partial charge in [-0.15, -0.1) is 11.3 Å². The van der Waals surface area contributed by atoms with Crippen LogP contribution in [0.4, 0.5) is 0 Å². The van der Waals surface area contributed by atoms with Crippen molar-refractivity contribution in [2.75, 3.05) is 6.54 Å². The van der Waals surface area contributed by atoms with E-state index in [0.29, 0.717) is 6.54 Å². The van der Waals surface area contributed by atoms with Crippen LogP contribution in [-0.2, 0) is 0 Å². The van der Waals surface area contributed by atoms with Crippen molar-refractivity contribution < 1.29 is 5.11 Å². The summed E-state index contributed by atoms with van der Waals surface area (Å²) in [6.07, 6.45) is 1.72. The zero-order valence-electron chi connectivity index (χ0n) is 14.3. The third-order valence-electron chi connectivity index (χ3n) is 3.48. The third kappa shape index (κ3) is 4.59. The molecule has 0 aliphatic heterocycles. The summed E-state index contributed by atoms with van der Waals surface area (Å²) in [5, 5.41) is 16.3. The molecule has 0 spiro atoms. The zero-order valence-corrected chi connectivity index (χ0v) is 16.7. The molecule has 2 aromatic carbocycles. The van der Waals surface area contributed by atoms with Crippen molar-refractivity contribution in [2.45, 2.75) is 6.92 Å². The number of benzene rings is 2. The molecule has 1 heterocycles. The Bertz CT molecular complexity index is 1030. The van der Waals surface area contributed by atoms with Crippen molar-refractivity contribution in [1.29, 1.82) is 0 Å². The minimum absolute atomic E-state index is 0.212. The summed E-state index contributed by atoms with van der Waals surface area (Å²) in [6, 6.07) is 15.0. The smallest absolute Gasteiger partial charge is 0.206 e. The van der Waals surface area contributed by atoms with Crippen molar-refractivity contribution >= 4 is 33.5 Å². The van der Waals surface area contributed by atoms with E-state index in [1.54, 1.807) is 24.4 Å². The molecule has 0 saturated heterocycles. The lowest BCUT2D eigenvalue weighted by molar-refractivity contribution is 0.475. The number of hydrogen-bond acceptors (Lipinski definition) is 4. The fraction of sp³-hybridized carbons (Fsp3) is 0.100. The number of phenolic OH excluding ortho intramolecular Hbond substituents is 1. The molecule has 3 aromatic rings. The van der Waals surface area contributed by atoms with Crippen LogP contribution in [0, 0.1) is 0 Å². The fourth-order valence-corrected chi connectivity index (χ4v) is 3.53. The van der Waals surface area contributed by atoms with E-state index in [1.165, 1.54) is 11.3 Å². The van der Waals surface area contributed by atoms with Gasteiger partial charge in [0.2, 0.25) is 4.80 Å². The van der Waals surface area contributed by atoms with E-state index in [-0.39, 0.29) is 5.75 Å². The molecule has 0 bridgehead atoms. The first kappa shape index (κ1) is 18.4. The van der Waals surface area contributed by atoms with Crippen LogP contribution in [0.3, 0.4) is 0 Å². The van der Waals surface area contributed by atoms with Crippen LogP contribution in [0.15, 0.2) is 80.6 Å². The summed E-state index contributed by atoms with van der Waals surface area (Å²) in [5.74, 6) is 0.212. The number of phenols is 1.